The van der Waals surface area contributed by atoms with Gasteiger partial charge in [0.15, 0.2) is 5.78 Å². The van der Waals surface area contributed by atoms with Crippen LogP contribution in [0.4, 0.5) is 0 Å². The average Bonchev–Trinajstić information content (AvgIpc) is 2.79. The molecule has 0 amide bonds. The second kappa shape index (κ2) is 14.0. The molecule has 2 rings (SSSR count). The molecule has 0 bridgehead atoms. The van der Waals surface area contributed by atoms with E-state index in [1.54, 1.807) is 37.3 Å². The number of benzene rings is 2. The summed E-state index contributed by atoms with van der Waals surface area (Å²) >= 11 is 0. The molecule has 0 unspecified atom stereocenters. The van der Waals surface area contributed by atoms with E-state index in [2.05, 4.69) is 27.0 Å². The molecular formula is C29H36O4. The largest absolute Gasteiger partial charge is 0.493 e. The first-order chi connectivity index (χ1) is 16.0. The number of rotatable bonds is 15. The molecule has 0 aliphatic carbocycles. The summed E-state index contributed by atoms with van der Waals surface area (Å²) in [6, 6.07) is 11.0. The van der Waals surface area contributed by atoms with Crippen LogP contribution in [0.15, 0.2) is 67.5 Å². The van der Waals surface area contributed by atoms with Gasteiger partial charge < -0.3 is 14.2 Å². The third-order valence-electron chi connectivity index (χ3n) is 4.91. The molecule has 0 aliphatic heterocycles. The first-order valence-electron chi connectivity index (χ1n) is 11.7. The average molecular weight is 449 g/mol. The van der Waals surface area contributed by atoms with Gasteiger partial charge in [-0.15, -0.1) is 6.58 Å². The van der Waals surface area contributed by atoms with Crippen LogP contribution < -0.4 is 14.2 Å². The molecule has 0 atom stereocenters. The first-order valence-corrected chi connectivity index (χ1v) is 11.7. The molecule has 0 saturated carbocycles. The highest BCUT2D eigenvalue weighted by Gasteiger charge is 2.12. The highest BCUT2D eigenvalue weighted by molar-refractivity contribution is 6.07. The van der Waals surface area contributed by atoms with Crippen molar-refractivity contribution in [3.63, 3.8) is 0 Å². The molecule has 0 N–H and O–H groups in total. The van der Waals surface area contributed by atoms with Crippen LogP contribution in [-0.2, 0) is 6.42 Å². The number of ketones is 1. The number of unbranched alkanes of at least 4 members (excludes halogenated alkanes) is 2. The molecule has 0 heterocycles. The number of ether oxygens (including phenoxy) is 3. The van der Waals surface area contributed by atoms with E-state index in [1.807, 2.05) is 24.3 Å². The van der Waals surface area contributed by atoms with Crippen LogP contribution in [-0.4, -0.2) is 19.0 Å². The third kappa shape index (κ3) is 8.64. The summed E-state index contributed by atoms with van der Waals surface area (Å²) in [5.74, 6) is 2.69. The van der Waals surface area contributed by atoms with Gasteiger partial charge in [-0.3, -0.25) is 4.79 Å². The van der Waals surface area contributed by atoms with E-state index in [0.29, 0.717) is 36.7 Å². The fourth-order valence-electron chi connectivity index (χ4n) is 3.13. The van der Waals surface area contributed by atoms with Crippen LogP contribution in [0.25, 0.3) is 6.08 Å². The molecule has 0 saturated heterocycles. The van der Waals surface area contributed by atoms with Gasteiger partial charge >= 0.3 is 0 Å². The SMILES string of the molecule is C=CCc1cc(C=CC(=O)c2ccc(OC(=C)C)cc2)c(OCCCC)cc1OCCCC. The predicted octanol–water partition coefficient (Wildman–Crippen LogP) is 7.58. The van der Waals surface area contributed by atoms with E-state index >= 15 is 0 Å². The Morgan fingerprint density at radius 1 is 0.970 bits per heavy atom. The molecule has 2 aromatic carbocycles. The molecular weight excluding hydrogens is 412 g/mol. The van der Waals surface area contributed by atoms with Crippen molar-refractivity contribution in [2.45, 2.75) is 52.9 Å². The highest BCUT2D eigenvalue weighted by Crippen LogP contribution is 2.32. The third-order valence-corrected chi connectivity index (χ3v) is 4.91. The van der Waals surface area contributed by atoms with Crippen LogP contribution in [0.5, 0.6) is 17.2 Å². The minimum atomic E-state index is -0.0927. The smallest absolute Gasteiger partial charge is 0.185 e. The summed E-state index contributed by atoms with van der Waals surface area (Å²) in [7, 11) is 0. The van der Waals surface area contributed by atoms with Gasteiger partial charge in [-0.25, -0.2) is 0 Å². The fraction of sp³-hybridized carbons (Fsp3) is 0.345. The normalized spacial score (nSPS) is 10.8. The lowest BCUT2D eigenvalue weighted by Gasteiger charge is -2.16. The summed E-state index contributed by atoms with van der Waals surface area (Å²) in [6.45, 7) is 14.9. The Hall–Kier alpha value is -3.27. The van der Waals surface area contributed by atoms with Crippen LogP contribution in [0.2, 0.25) is 0 Å². The van der Waals surface area contributed by atoms with Crippen LogP contribution in [0.3, 0.4) is 0 Å². The maximum absolute atomic E-state index is 12.7. The van der Waals surface area contributed by atoms with E-state index in [9.17, 15) is 4.79 Å². The lowest BCUT2D eigenvalue weighted by atomic mass is 10.0. The standard InChI is InChI=1S/C29H36O4/c1-6-9-18-31-28-21-29(32-19-10-7-2)25(20-24(28)11-8-3)14-17-27(30)23-12-15-26(16-13-23)33-22(4)5/h8,12-17,20-21H,3-4,6-7,9-11,18-19H2,1-2,5H3. The molecule has 0 fully saturated rings. The molecule has 0 aliphatic rings. The van der Waals surface area contributed by atoms with Gasteiger partial charge in [0.2, 0.25) is 0 Å². The second-order valence-corrected chi connectivity index (χ2v) is 7.92. The Morgan fingerprint density at radius 2 is 1.61 bits per heavy atom. The molecule has 4 nitrogen and oxygen atoms in total. The van der Waals surface area contributed by atoms with E-state index < -0.39 is 0 Å². The second-order valence-electron chi connectivity index (χ2n) is 7.92. The predicted molar refractivity (Wildman–Crippen MR) is 136 cm³/mol. The Bertz CT molecular complexity index is 954. The summed E-state index contributed by atoms with van der Waals surface area (Å²) in [5.41, 5.74) is 2.46. The molecule has 4 heteroatoms. The van der Waals surface area contributed by atoms with Crippen LogP contribution in [0, 0.1) is 0 Å². The van der Waals surface area contributed by atoms with Crippen molar-refractivity contribution in [2.24, 2.45) is 0 Å². The zero-order valence-electron chi connectivity index (χ0n) is 20.2. The summed E-state index contributed by atoms with van der Waals surface area (Å²) < 4.78 is 17.5. The minimum absolute atomic E-state index is 0.0927. The molecule has 0 spiro atoms. The highest BCUT2D eigenvalue weighted by atomic mass is 16.5. The van der Waals surface area contributed by atoms with E-state index in [-0.39, 0.29) is 5.78 Å². The number of allylic oxidation sites excluding steroid dienone is 3. The summed E-state index contributed by atoms with van der Waals surface area (Å²) in [5, 5.41) is 0. The van der Waals surface area contributed by atoms with Crippen LogP contribution >= 0.6 is 0 Å². The van der Waals surface area contributed by atoms with Gasteiger partial charge in [-0.2, -0.15) is 0 Å². The van der Waals surface area contributed by atoms with Crippen molar-refractivity contribution in [1.82, 2.24) is 0 Å². The van der Waals surface area contributed by atoms with Gasteiger partial charge in [-0.05, 0) is 74.2 Å². The van der Waals surface area contributed by atoms with E-state index in [1.165, 1.54) is 0 Å². The minimum Gasteiger partial charge on any atom is -0.493 e. The maximum Gasteiger partial charge on any atom is 0.185 e. The lowest BCUT2D eigenvalue weighted by molar-refractivity contribution is 0.104. The van der Waals surface area contributed by atoms with Crippen molar-refractivity contribution >= 4 is 11.9 Å². The fourth-order valence-corrected chi connectivity index (χ4v) is 3.13. The first kappa shape index (κ1) is 26.0. The lowest BCUT2D eigenvalue weighted by Crippen LogP contribution is -2.04. The number of hydrogen-bond donors (Lipinski definition) is 0. The number of carbonyl (C=O) groups excluding carboxylic acids is 1. The monoisotopic (exact) mass is 448 g/mol. The topological polar surface area (TPSA) is 44.8 Å². The summed E-state index contributed by atoms with van der Waals surface area (Å²) in [6.07, 6.45) is 9.98. The molecule has 0 aromatic heterocycles. The van der Waals surface area contributed by atoms with E-state index in [0.717, 1.165) is 48.3 Å². The maximum atomic E-state index is 12.7. The van der Waals surface area contributed by atoms with Gasteiger partial charge in [0.25, 0.3) is 0 Å². The molecule has 2 aromatic rings. The van der Waals surface area contributed by atoms with Crippen LogP contribution in [0.1, 0.15) is 67.9 Å². The Morgan fingerprint density at radius 3 is 2.18 bits per heavy atom. The van der Waals surface area contributed by atoms with Gasteiger partial charge in [0, 0.05) is 17.2 Å². The summed E-state index contributed by atoms with van der Waals surface area (Å²) in [4.78, 5) is 12.7. The number of carbonyl (C=O) groups is 1. The van der Waals surface area contributed by atoms with Gasteiger partial charge in [-0.1, -0.05) is 39.3 Å². The zero-order chi connectivity index (χ0) is 24.1. The van der Waals surface area contributed by atoms with Crippen molar-refractivity contribution < 1.29 is 19.0 Å². The van der Waals surface area contributed by atoms with Crippen molar-refractivity contribution in [3.8, 4) is 17.2 Å². The van der Waals surface area contributed by atoms with Crippen molar-refractivity contribution in [3.05, 3.63) is 84.2 Å². The quantitative estimate of drug-likeness (QED) is 0.0926. The van der Waals surface area contributed by atoms with Gasteiger partial charge in [0.1, 0.15) is 17.2 Å². The van der Waals surface area contributed by atoms with Crippen molar-refractivity contribution in [1.29, 1.82) is 0 Å². The molecule has 33 heavy (non-hydrogen) atoms. The van der Waals surface area contributed by atoms with Crippen molar-refractivity contribution in [2.75, 3.05) is 13.2 Å². The Balaban J connectivity index is 2.29. The van der Waals surface area contributed by atoms with Gasteiger partial charge in [0.05, 0.1) is 19.0 Å². The Labute approximate surface area is 198 Å². The Kier molecular flexibility index (Phi) is 11.0. The molecule has 0 radical (unpaired) electrons. The molecule has 176 valence electrons. The number of hydrogen-bond acceptors (Lipinski definition) is 4. The zero-order valence-corrected chi connectivity index (χ0v) is 20.2. The van der Waals surface area contributed by atoms with E-state index in [4.69, 9.17) is 14.2 Å².